The summed E-state index contributed by atoms with van der Waals surface area (Å²) in [6.07, 6.45) is 4.60. The molecule has 2 aliphatic heterocycles. The highest BCUT2D eigenvalue weighted by atomic mass is 16.6. The minimum absolute atomic E-state index is 0.178. The zero-order valence-corrected chi connectivity index (χ0v) is 26.6. The van der Waals surface area contributed by atoms with Crippen molar-refractivity contribution in [1.82, 2.24) is 0 Å². The predicted molar refractivity (Wildman–Crippen MR) is 182 cm³/mol. The summed E-state index contributed by atoms with van der Waals surface area (Å²) in [5.41, 5.74) is 4.33. The van der Waals surface area contributed by atoms with Crippen LogP contribution in [0.2, 0.25) is 0 Å². The molecule has 4 atom stereocenters. The van der Waals surface area contributed by atoms with Crippen molar-refractivity contribution in [2.45, 2.75) is 38.7 Å². The van der Waals surface area contributed by atoms with E-state index in [9.17, 15) is 24.8 Å². The molecule has 9 heteroatoms. The van der Waals surface area contributed by atoms with Crippen LogP contribution in [0.15, 0.2) is 108 Å². The zero-order chi connectivity index (χ0) is 33.4. The van der Waals surface area contributed by atoms with Crippen molar-refractivity contribution in [3.63, 3.8) is 0 Å². The van der Waals surface area contributed by atoms with E-state index in [1.165, 1.54) is 23.8 Å². The Labute approximate surface area is 278 Å². The number of phenolic OH excluding ortho intramolecular Hbond substituents is 1. The Kier molecular flexibility index (Phi) is 8.54. The van der Waals surface area contributed by atoms with Crippen LogP contribution in [0.25, 0.3) is 16.8 Å². The van der Waals surface area contributed by atoms with Crippen LogP contribution < -0.4 is 9.64 Å². The maximum atomic E-state index is 14.0. The maximum absolute atomic E-state index is 14.0. The van der Waals surface area contributed by atoms with Crippen molar-refractivity contribution in [2.24, 2.45) is 17.8 Å². The molecule has 1 N–H and O–H groups in total. The predicted octanol–water partition coefficient (Wildman–Crippen LogP) is 7.63. The summed E-state index contributed by atoms with van der Waals surface area (Å²) in [6, 6.07) is 26.7. The summed E-state index contributed by atoms with van der Waals surface area (Å²) >= 11 is 0. The second-order valence-electron chi connectivity index (χ2n) is 12.6. The summed E-state index contributed by atoms with van der Waals surface area (Å²) in [6.45, 7) is 2.71. The minimum Gasteiger partial charge on any atom is -0.507 e. The van der Waals surface area contributed by atoms with Gasteiger partial charge in [-0.1, -0.05) is 73.2 Å². The number of carbonyl (C=O) groups is 2. The zero-order valence-electron chi connectivity index (χ0n) is 26.6. The Balaban J connectivity index is 1.18. The van der Waals surface area contributed by atoms with Gasteiger partial charge in [0.25, 0.3) is 5.69 Å². The largest absolute Gasteiger partial charge is 0.507 e. The van der Waals surface area contributed by atoms with Crippen molar-refractivity contribution in [3.05, 3.63) is 123 Å². The SMILES string of the molecule is CC/C(=C\c1ccc(O)c2ccccc12)CC[C@H]1OC[C@H]2C1=C(COc1ccccc1)C[C@H]1C(=O)N(c3cccc([N+](=O)[O-])c3)C(=O)[C@H]12. The molecular formula is C39H36N2O7. The molecule has 2 amide bonds. The van der Waals surface area contributed by atoms with Gasteiger partial charge < -0.3 is 14.6 Å². The van der Waals surface area contributed by atoms with Crippen LogP contribution in [0.3, 0.4) is 0 Å². The summed E-state index contributed by atoms with van der Waals surface area (Å²) < 4.78 is 12.7. The Morgan fingerprint density at radius 2 is 1.75 bits per heavy atom. The molecule has 0 spiro atoms. The molecule has 244 valence electrons. The molecule has 3 aliphatic rings. The van der Waals surface area contributed by atoms with Crippen molar-refractivity contribution in [3.8, 4) is 11.5 Å². The third kappa shape index (κ3) is 5.75. The third-order valence-corrected chi connectivity index (χ3v) is 9.94. The van der Waals surface area contributed by atoms with Crippen LogP contribution in [0.5, 0.6) is 11.5 Å². The van der Waals surface area contributed by atoms with Gasteiger partial charge in [-0.3, -0.25) is 19.7 Å². The van der Waals surface area contributed by atoms with Gasteiger partial charge in [0.15, 0.2) is 0 Å². The van der Waals surface area contributed by atoms with Crippen LogP contribution in [-0.4, -0.2) is 41.2 Å². The molecule has 1 aliphatic carbocycles. The van der Waals surface area contributed by atoms with Gasteiger partial charge in [0.2, 0.25) is 11.8 Å². The number of nitro benzene ring substituents is 1. The second kappa shape index (κ2) is 13.1. The van der Waals surface area contributed by atoms with Crippen LogP contribution in [0, 0.1) is 27.9 Å². The molecule has 9 nitrogen and oxygen atoms in total. The number of aromatic hydroxyl groups is 1. The number of benzene rings is 4. The van der Waals surface area contributed by atoms with Gasteiger partial charge in [0.05, 0.1) is 35.2 Å². The molecule has 7 rings (SSSR count). The molecule has 0 bridgehead atoms. The fourth-order valence-corrected chi connectivity index (χ4v) is 7.61. The molecule has 2 saturated heterocycles. The highest BCUT2D eigenvalue weighted by Crippen LogP contribution is 2.51. The average Bonchev–Trinajstić information content (AvgIpc) is 3.64. The Hall–Kier alpha value is -5.28. The van der Waals surface area contributed by atoms with Crippen LogP contribution in [-0.2, 0) is 14.3 Å². The van der Waals surface area contributed by atoms with Crippen LogP contribution in [0.1, 0.15) is 38.2 Å². The second-order valence-corrected chi connectivity index (χ2v) is 12.6. The van der Waals surface area contributed by atoms with E-state index in [0.717, 1.165) is 45.2 Å². The molecule has 2 heterocycles. The van der Waals surface area contributed by atoms with E-state index < -0.39 is 16.8 Å². The van der Waals surface area contributed by atoms with E-state index in [2.05, 4.69) is 13.0 Å². The highest BCUT2D eigenvalue weighted by molar-refractivity contribution is 6.22. The normalized spacial score (nSPS) is 22.3. The van der Waals surface area contributed by atoms with Crippen molar-refractivity contribution in [1.29, 1.82) is 0 Å². The topological polar surface area (TPSA) is 119 Å². The van der Waals surface area contributed by atoms with Gasteiger partial charge in [-0.15, -0.1) is 0 Å². The molecule has 0 saturated carbocycles. The van der Waals surface area contributed by atoms with Crippen LogP contribution in [0.4, 0.5) is 11.4 Å². The summed E-state index contributed by atoms with van der Waals surface area (Å²) in [5, 5.41) is 23.6. The first kappa shape index (κ1) is 31.3. The molecule has 4 aromatic rings. The van der Waals surface area contributed by atoms with Gasteiger partial charge in [0, 0.05) is 23.4 Å². The fraction of sp³-hybridized carbons (Fsp3) is 0.282. The molecule has 4 aromatic carbocycles. The highest BCUT2D eigenvalue weighted by Gasteiger charge is 2.57. The van der Waals surface area contributed by atoms with Gasteiger partial charge in [0.1, 0.15) is 18.1 Å². The number of non-ortho nitro benzene ring substituents is 1. The minimum atomic E-state index is -0.609. The van der Waals surface area contributed by atoms with E-state index in [-0.39, 0.29) is 47.6 Å². The smallest absolute Gasteiger partial charge is 0.271 e. The average molecular weight is 645 g/mol. The number of amides is 2. The number of hydrogen-bond acceptors (Lipinski definition) is 7. The third-order valence-electron chi connectivity index (χ3n) is 9.94. The summed E-state index contributed by atoms with van der Waals surface area (Å²) in [7, 11) is 0. The quantitative estimate of drug-likeness (QED) is 0.0816. The number of allylic oxidation sites excluding steroid dienone is 1. The van der Waals surface area contributed by atoms with E-state index >= 15 is 0 Å². The molecule has 0 aromatic heterocycles. The Morgan fingerprint density at radius 1 is 0.979 bits per heavy atom. The number of ether oxygens (including phenoxy) is 2. The number of anilines is 1. The first-order chi connectivity index (χ1) is 23.3. The van der Waals surface area contributed by atoms with E-state index in [1.54, 1.807) is 12.1 Å². The molecular weight excluding hydrogens is 608 g/mol. The number of phenols is 1. The number of carbonyl (C=O) groups excluding carboxylic acids is 2. The summed E-state index contributed by atoms with van der Waals surface area (Å²) in [5.74, 6) is -1.22. The molecule has 0 radical (unpaired) electrons. The van der Waals surface area contributed by atoms with Crippen molar-refractivity contribution >= 4 is 40.0 Å². The lowest BCUT2D eigenvalue weighted by atomic mass is 9.69. The van der Waals surface area contributed by atoms with Gasteiger partial charge in [-0.05, 0) is 72.0 Å². The lowest BCUT2D eigenvalue weighted by molar-refractivity contribution is -0.384. The number of rotatable bonds is 10. The number of nitro groups is 1. The monoisotopic (exact) mass is 644 g/mol. The number of fused-ring (bicyclic) bond motifs is 4. The first-order valence-corrected chi connectivity index (χ1v) is 16.4. The lowest BCUT2D eigenvalue weighted by Gasteiger charge is -2.31. The molecule has 48 heavy (non-hydrogen) atoms. The van der Waals surface area contributed by atoms with Gasteiger partial charge in [-0.25, -0.2) is 4.90 Å². The first-order valence-electron chi connectivity index (χ1n) is 16.4. The number of imide groups is 1. The number of hydrogen-bond donors (Lipinski definition) is 1. The molecule has 0 unspecified atom stereocenters. The van der Waals surface area contributed by atoms with E-state index in [0.29, 0.717) is 25.2 Å². The van der Waals surface area contributed by atoms with Crippen molar-refractivity contribution < 1.29 is 29.1 Å². The van der Waals surface area contributed by atoms with Gasteiger partial charge in [-0.2, -0.15) is 0 Å². The standard InChI is InChI=1S/C39H36N2O7/c1-2-24(19-25-16-17-34(42)31-14-7-6-13-30(25)31)15-18-35-36-26(22-47-29-11-4-3-5-12-29)20-32-37(33(36)23-48-35)39(44)40(38(32)43)27-9-8-10-28(21-27)41(45)46/h3-14,16-17,19,21,32-33,35,37,42H,2,15,18,20,22-23H2,1H3/b24-19+/t32-,33+,35-,37-/m1/s1. The van der Waals surface area contributed by atoms with Gasteiger partial charge >= 0.3 is 0 Å². The van der Waals surface area contributed by atoms with E-state index in [4.69, 9.17) is 9.47 Å². The Morgan fingerprint density at radius 3 is 2.52 bits per heavy atom. The van der Waals surface area contributed by atoms with Crippen LogP contribution >= 0.6 is 0 Å². The lowest BCUT2D eigenvalue weighted by Crippen LogP contribution is -2.35. The number of nitrogens with zero attached hydrogens (tertiary/aromatic N) is 2. The Bertz CT molecular complexity index is 1970. The summed E-state index contributed by atoms with van der Waals surface area (Å²) in [4.78, 5) is 40.0. The van der Waals surface area contributed by atoms with E-state index in [1.807, 2.05) is 60.7 Å². The van der Waals surface area contributed by atoms with Crippen molar-refractivity contribution in [2.75, 3.05) is 18.1 Å². The number of para-hydroxylation sites is 1. The maximum Gasteiger partial charge on any atom is 0.271 e. The molecule has 2 fully saturated rings. The fourth-order valence-electron chi connectivity index (χ4n) is 7.61.